The first-order valence-electron chi connectivity index (χ1n) is 7.77. The summed E-state index contributed by atoms with van der Waals surface area (Å²) in [5.41, 5.74) is 0.128. The summed E-state index contributed by atoms with van der Waals surface area (Å²) in [6.45, 7) is 6.61. The maximum atomic E-state index is 12.5. The highest BCUT2D eigenvalue weighted by molar-refractivity contribution is 7.88. The minimum Gasteiger partial charge on any atom is -0.444 e. The van der Waals surface area contributed by atoms with Gasteiger partial charge in [0, 0.05) is 31.2 Å². The van der Waals surface area contributed by atoms with E-state index in [2.05, 4.69) is 0 Å². The van der Waals surface area contributed by atoms with Gasteiger partial charge in [-0.15, -0.1) is 0 Å². The van der Waals surface area contributed by atoms with Crippen LogP contribution in [-0.2, 0) is 20.5 Å². The van der Waals surface area contributed by atoms with E-state index in [1.54, 1.807) is 49.9 Å². The molecule has 0 unspecified atom stereocenters. The molecule has 6 nitrogen and oxygen atoms in total. The molecule has 1 saturated heterocycles. The van der Waals surface area contributed by atoms with Gasteiger partial charge in [-0.2, -0.15) is 4.31 Å². The van der Waals surface area contributed by atoms with Crippen LogP contribution in [0.4, 0.5) is 4.79 Å². The van der Waals surface area contributed by atoms with E-state index >= 15 is 0 Å². The number of amides is 1. The molecule has 1 amide bonds. The number of sulfonamides is 1. The van der Waals surface area contributed by atoms with Crippen molar-refractivity contribution in [2.75, 3.05) is 26.2 Å². The molecule has 1 heterocycles. The SMILES string of the molecule is CC(C)(C)OC(=O)N1CCN(S(=O)(=O)Cc2ccc(Cl)cc2)CC1. The first kappa shape index (κ1) is 19.0. The first-order chi connectivity index (χ1) is 11.1. The Morgan fingerprint density at radius 2 is 1.67 bits per heavy atom. The second-order valence-corrected chi connectivity index (χ2v) is 9.15. The van der Waals surface area contributed by atoms with Gasteiger partial charge < -0.3 is 9.64 Å². The lowest BCUT2D eigenvalue weighted by molar-refractivity contribution is 0.0192. The smallest absolute Gasteiger partial charge is 0.410 e. The van der Waals surface area contributed by atoms with E-state index in [9.17, 15) is 13.2 Å². The van der Waals surface area contributed by atoms with Crippen molar-refractivity contribution in [3.8, 4) is 0 Å². The van der Waals surface area contributed by atoms with Gasteiger partial charge in [0.15, 0.2) is 0 Å². The van der Waals surface area contributed by atoms with Crippen LogP contribution < -0.4 is 0 Å². The van der Waals surface area contributed by atoms with Gasteiger partial charge in [0.2, 0.25) is 10.0 Å². The number of ether oxygens (including phenoxy) is 1. The van der Waals surface area contributed by atoms with Crippen molar-refractivity contribution in [2.45, 2.75) is 32.1 Å². The summed E-state index contributed by atoms with van der Waals surface area (Å²) in [4.78, 5) is 13.6. The van der Waals surface area contributed by atoms with Gasteiger partial charge >= 0.3 is 6.09 Å². The zero-order chi connectivity index (χ0) is 18.0. The van der Waals surface area contributed by atoms with E-state index in [1.165, 1.54) is 4.31 Å². The molecule has 1 fully saturated rings. The van der Waals surface area contributed by atoms with Crippen molar-refractivity contribution in [3.63, 3.8) is 0 Å². The monoisotopic (exact) mass is 374 g/mol. The Labute approximate surface area is 148 Å². The van der Waals surface area contributed by atoms with Crippen molar-refractivity contribution in [1.82, 2.24) is 9.21 Å². The van der Waals surface area contributed by atoms with Crippen LogP contribution >= 0.6 is 11.6 Å². The molecule has 1 aromatic carbocycles. The van der Waals surface area contributed by atoms with E-state index in [4.69, 9.17) is 16.3 Å². The molecule has 0 N–H and O–H groups in total. The van der Waals surface area contributed by atoms with E-state index in [0.29, 0.717) is 23.7 Å². The van der Waals surface area contributed by atoms with Crippen molar-refractivity contribution < 1.29 is 17.9 Å². The molecule has 0 atom stereocenters. The molecule has 2 rings (SSSR count). The van der Waals surface area contributed by atoms with Gasteiger partial charge in [0.1, 0.15) is 5.60 Å². The summed E-state index contributed by atoms with van der Waals surface area (Å²) >= 11 is 5.81. The Bertz CT molecular complexity index is 675. The fraction of sp³-hybridized carbons (Fsp3) is 0.562. The highest BCUT2D eigenvalue weighted by Crippen LogP contribution is 2.17. The molecule has 24 heavy (non-hydrogen) atoms. The fourth-order valence-electron chi connectivity index (χ4n) is 2.36. The largest absolute Gasteiger partial charge is 0.444 e. The maximum absolute atomic E-state index is 12.5. The Morgan fingerprint density at radius 3 is 2.17 bits per heavy atom. The zero-order valence-corrected chi connectivity index (χ0v) is 15.7. The second kappa shape index (κ2) is 7.29. The fourth-order valence-corrected chi connectivity index (χ4v) is 4.00. The Morgan fingerprint density at radius 1 is 1.12 bits per heavy atom. The van der Waals surface area contributed by atoms with E-state index in [-0.39, 0.29) is 18.8 Å². The van der Waals surface area contributed by atoms with Crippen molar-refractivity contribution in [1.29, 1.82) is 0 Å². The molecule has 0 radical (unpaired) electrons. The van der Waals surface area contributed by atoms with Crippen molar-refractivity contribution in [2.24, 2.45) is 0 Å². The molecule has 0 saturated carbocycles. The lowest BCUT2D eigenvalue weighted by Gasteiger charge is -2.35. The topological polar surface area (TPSA) is 66.9 Å². The first-order valence-corrected chi connectivity index (χ1v) is 9.76. The van der Waals surface area contributed by atoms with Crippen LogP contribution in [0.15, 0.2) is 24.3 Å². The Balaban J connectivity index is 1.93. The molecular formula is C16H23ClN2O4S. The van der Waals surface area contributed by atoms with Crippen LogP contribution in [-0.4, -0.2) is 55.5 Å². The molecule has 0 spiro atoms. The number of hydrogen-bond acceptors (Lipinski definition) is 4. The number of benzene rings is 1. The maximum Gasteiger partial charge on any atom is 0.410 e. The third-order valence-corrected chi connectivity index (χ3v) is 5.65. The number of rotatable bonds is 3. The van der Waals surface area contributed by atoms with Gasteiger partial charge in [-0.1, -0.05) is 23.7 Å². The van der Waals surface area contributed by atoms with Crippen molar-refractivity contribution in [3.05, 3.63) is 34.9 Å². The average molecular weight is 375 g/mol. The summed E-state index contributed by atoms with van der Waals surface area (Å²) < 4.78 is 31.7. The van der Waals surface area contributed by atoms with Crippen LogP contribution in [0, 0.1) is 0 Å². The number of carbonyl (C=O) groups is 1. The summed E-state index contributed by atoms with van der Waals surface area (Å²) in [5, 5.41) is 0.571. The minimum atomic E-state index is -3.42. The van der Waals surface area contributed by atoms with Gasteiger partial charge in [0.25, 0.3) is 0 Å². The molecule has 1 aromatic rings. The second-order valence-electron chi connectivity index (χ2n) is 6.75. The number of halogens is 1. The van der Waals surface area contributed by atoms with Crippen LogP contribution in [0.25, 0.3) is 0 Å². The molecule has 0 bridgehead atoms. The molecular weight excluding hydrogens is 352 g/mol. The van der Waals surface area contributed by atoms with Crippen LogP contribution in [0.1, 0.15) is 26.3 Å². The highest BCUT2D eigenvalue weighted by atomic mass is 35.5. The molecule has 134 valence electrons. The van der Waals surface area contributed by atoms with Gasteiger partial charge in [0.05, 0.1) is 5.75 Å². The Kier molecular flexibility index (Phi) is 5.78. The van der Waals surface area contributed by atoms with Gasteiger partial charge in [-0.05, 0) is 38.5 Å². The zero-order valence-electron chi connectivity index (χ0n) is 14.2. The summed E-state index contributed by atoms with van der Waals surface area (Å²) in [7, 11) is -3.42. The lowest BCUT2D eigenvalue weighted by atomic mass is 10.2. The molecule has 1 aliphatic rings. The summed E-state index contributed by atoms with van der Waals surface area (Å²) in [6.07, 6.45) is -0.405. The molecule has 1 aliphatic heterocycles. The van der Waals surface area contributed by atoms with Crippen LogP contribution in [0.2, 0.25) is 5.02 Å². The van der Waals surface area contributed by atoms with E-state index < -0.39 is 21.7 Å². The molecule has 8 heteroatoms. The molecule has 0 aliphatic carbocycles. The minimum absolute atomic E-state index is 0.0728. The van der Waals surface area contributed by atoms with Crippen molar-refractivity contribution >= 4 is 27.7 Å². The van der Waals surface area contributed by atoms with Gasteiger partial charge in [-0.3, -0.25) is 0 Å². The average Bonchev–Trinajstić information content (AvgIpc) is 2.48. The standard InChI is InChI=1S/C16H23ClN2O4S/c1-16(2,3)23-15(20)18-8-10-19(11-9-18)24(21,22)12-13-4-6-14(17)7-5-13/h4-7H,8-12H2,1-3H3. The normalized spacial score (nSPS) is 16.9. The number of piperazine rings is 1. The van der Waals surface area contributed by atoms with E-state index in [1.807, 2.05) is 0 Å². The third-order valence-electron chi connectivity index (χ3n) is 3.55. The Hall–Kier alpha value is -1.31. The quantitative estimate of drug-likeness (QED) is 0.815. The number of nitrogens with zero attached hydrogens (tertiary/aromatic N) is 2. The third kappa shape index (κ3) is 5.36. The summed E-state index contributed by atoms with van der Waals surface area (Å²) in [6, 6.07) is 6.76. The van der Waals surface area contributed by atoms with Crippen LogP contribution in [0.5, 0.6) is 0 Å². The predicted octanol–water partition coefficient (Wildman–Crippen LogP) is 2.72. The highest BCUT2D eigenvalue weighted by Gasteiger charge is 2.30. The lowest BCUT2D eigenvalue weighted by Crippen LogP contribution is -2.51. The summed E-state index contributed by atoms with van der Waals surface area (Å²) in [5.74, 6) is -0.0728. The van der Waals surface area contributed by atoms with E-state index in [0.717, 1.165) is 0 Å². The van der Waals surface area contributed by atoms with Gasteiger partial charge in [-0.25, -0.2) is 13.2 Å². The molecule has 0 aromatic heterocycles. The number of carbonyl (C=O) groups excluding carboxylic acids is 1. The number of hydrogen-bond donors (Lipinski definition) is 0. The predicted molar refractivity (Wildman–Crippen MR) is 93.5 cm³/mol. The van der Waals surface area contributed by atoms with Crippen LogP contribution in [0.3, 0.4) is 0 Å².